The molecule has 6 nitrogen and oxygen atoms in total. The minimum Gasteiger partial charge on any atom is -0.481 e. The van der Waals surface area contributed by atoms with Gasteiger partial charge in [-0.1, -0.05) is 6.07 Å². The topological polar surface area (TPSA) is 88.8 Å². The molecule has 22 heavy (non-hydrogen) atoms. The number of ether oxygens (including phenoxy) is 1. The van der Waals surface area contributed by atoms with E-state index in [1.165, 1.54) is 0 Å². The van der Waals surface area contributed by atoms with E-state index in [4.69, 9.17) is 4.74 Å². The lowest BCUT2D eigenvalue weighted by molar-refractivity contribution is -0.141. The molecule has 1 aromatic heterocycles. The number of aromatic nitrogens is 1. The van der Waals surface area contributed by atoms with E-state index in [9.17, 15) is 14.7 Å². The maximum Gasteiger partial charge on any atom is 0.336 e. The predicted molar refractivity (Wildman–Crippen MR) is 80.5 cm³/mol. The minimum atomic E-state index is -1.02. The van der Waals surface area contributed by atoms with Gasteiger partial charge >= 0.3 is 11.9 Å². The molecule has 0 bridgehead atoms. The van der Waals surface area contributed by atoms with E-state index in [1.54, 1.807) is 45.3 Å². The Kier molecular flexibility index (Phi) is 4.70. The number of carboxylic acids is 1. The van der Waals surface area contributed by atoms with Crippen molar-refractivity contribution in [2.75, 3.05) is 6.61 Å². The van der Waals surface area contributed by atoms with Gasteiger partial charge in [-0.25, -0.2) is 4.79 Å². The Hall–Kier alpha value is -2.50. The number of carbonyl (C=O) groups is 2. The first kappa shape index (κ1) is 15.9. The SMILES string of the molecule is CCOC(=O)C1=C(C)N=C(C)C(C(=O)O)C1c1cccnc1. The number of nitrogens with zero attached hydrogens (tertiary/aromatic N) is 2. The zero-order chi connectivity index (χ0) is 16.3. The molecule has 0 saturated heterocycles. The summed E-state index contributed by atoms with van der Waals surface area (Å²) in [6, 6.07) is 3.48. The summed E-state index contributed by atoms with van der Waals surface area (Å²) in [5.74, 6) is -3.11. The molecular weight excluding hydrogens is 284 g/mol. The summed E-state index contributed by atoms with van der Waals surface area (Å²) >= 11 is 0. The first-order valence-corrected chi connectivity index (χ1v) is 7.03. The predicted octanol–water partition coefficient (Wildman–Crippen LogP) is 2.18. The maximum atomic E-state index is 12.3. The molecule has 0 radical (unpaired) electrons. The molecule has 6 heteroatoms. The van der Waals surface area contributed by atoms with Crippen LogP contribution in [0.4, 0.5) is 0 Å². The van der Waals surface area contributed by atoms with Crippen LogP contribution in [-0.2, 0) is 14.3 Å². The second-order valence-corrected chi connectivity index (χ2v) is 5.05. The third kappa shape index (κ3) is 2.90. The summed E-state index contributed by atoms with van der Waals surface area (Å²) in [4.78, 5) is 32.3. The van der Waals surface area contributed by atoms with Crippen LogP contribution in [0.5, 0.6) is 0 Å². The number of rotatable bonds is 4. The summed E-state index contributed by atoms with van der Waals surface area (Å²) < 4.78 is 5.09. The number of carbonyl (C=O) groups excluding carboxylic acids is 1. The number of carboxylic acid groups (broad SMARTS) is 1. The normalized spacial score (nSPS) is 21.3. The van der Waals surface area contributed by atoms with Crippen LogP contribution in [0, 0.1) is 5.92 Å². The average molecular weight is 302 g/mol. The number of allylic oxidation sites excluding steroid dienone is 1. The molecule has 0 amide bonds. The fourth-order valence-corrected chi connectivity index (χ4v) is 2.75. The number of aliphatic imine (C=N–C) groups is 1. The van der Waals surface area contributed by atoms with Crippen LogP contribution in [0.15, 0.2) is 40.8 Å². The molecule has 1 aliphatic heterocycles. The third-order valence-electron chi connectivity index (χ3n) is 3.63. The van der Waals surface area contributed by atoms with E-state index >= 15 is 0 Å². The summed E-state index contributed by atoms with van der Waals surface area (Å²) in [7, 11) is 0. The van der Waals surface area contributed by atoms with Crippen LogP contribution < -0.4 is 0 Å². The number of pyridine rings is 1. The Balaban J connectivity index is 2.61. The van der Waals surface area contributed by atoms with Gasteiger partial charge in [0.05, 0.1) is 12.2 Å². The zero-order valence-electron chi connectivity index (χ0n) is 12.7. The van der Waals surface area contributed by atoms with Crippen LogP contribution in [0.25, 0.3) is 0 Å². The van der Waals surface area contributed by atoms with Crippen molar-refractivity contribution >= 4 is 17.7 Å². The number of aliphatic carboxylic acids is 1. The highest BCUT2D eigenvalue weighted by Gasteiger charge is 2.41. The van der Waals surface area contributed by atoms with E-state index in [1.807, 2.05) is 0 Å². The summed E-state index contributed by atoms with van der Waals surface area (Å²) in [5, 5.41) is 9.58. The fraction of sp³-hybridized carbons (Fsp3) is 0.375. The quantitative estimate of drug-likeness (QED) is 0.861. The molecule has 1 aromatic rings. The van der Waals surface area contributed by atoms with Crippen molar-refractivity contribution in [3.05, 3.63) is 41.4 Å². The van der Waals surface area contributed by atoms with E-state index in [2.05, 4.69) is 9.98 Å². The van der Waals surface area contributed by atoms with Gasteiger partial charge in [0.25, 0.3) is 0 Å². The van der Waals surface area contributed by atoms with E-state index in [-0.39, 0.29) is 12.2 Å². The molecule has 2 rings (SSSR count). The van der Waals surface area contributed by atoms with Crippen LogP contribution in [0.1, 0.15) is 32.3 Å². The molecule has 2 heterocycles. The van der Waals surface area contributed by atoms with Crippen molar-refractivity contribution in [3.8, 4) is 0 Å². The Morgan fingerprint density at radius 2 is 2.09 bits per heavy atom. The second kappa shape index (κ2) is 6.51. The van der Waals surface area contributed by atoms with Crippen molar-refractivity contribution < 1.29 is 19.4 Å². The van der Waals surface area contributed by atoms with Crippen molar-refractivity contribution in [1.82, 2.24) is 4.98 Å². The van der Waals surface area contributed by atoms with E-state index < -0.39 is 23.8 Å². The molecule has 2 unspecified atom stereocenters. The number of esters is 1. The van der Waals surface area contributed by atoms with E-state index in [0.717, 1.165) is 0 Å². The molecule has 1 N–H and O–H groups in total. The average Bonchev–Trinajstić information content (AvgIpc) is 2.47. The molecule has 2 atom stereocenters. The Morgan fingerprint density at radius 3 is 2.64 bits per heavy atom. The standard InChI is InChI=1S/C16H18N2O4/c1-4-22-16(21)13-10(3)18-9(2)12(15(19)20)14(13)11-6-5-7-17-8-11/h5-8,12,14H,4H2,1-3H3,(H,19,20). The molecule has 1 aliphatic rings. The van der Waals surface area contributed by atoms with Gasteiger partial charge in [-0.3, -0.25) is 14.8 Å². The molecule has 0 aromatic carbocycles. The Labute approximate surface area is 128 Å². The zero-order valence-corrected chi connectivity index (χ0v) is 12.7. The monoisotopic (exact) mass is 302 g/mol. The highest BCUT2D eigenvalue weighted by Crippen LogP contribution is 2.39. The lowest BCUT2D eigenvalue weighted by Crippen LogP contribution is -2.35. The smallest absolute Gasteiger partial charge is 0.336 e. The third-order valence-corrected chi connectivity index (χ3v) is 3.63. The van der Waals surface area contributed by atoms with Crippen molar-refractivity contribution in [2.24, 2.45) is 10.9 Å². The first-order valence-electron chi connectivity index (χ1n) is 7.03. The van der Waals surface area contributed by atoms with Gasteiger partial charge in [0.2, 0.25) is 0 Å². The molecule has 0 spiro atoms. The van der Waals surface area contributed by atoms with E-state index in [0.29, 0.717) is 17.0 Å². The maximum absolute atomic E-state index is 12.3. The van der Waals surface area contributed by atoms with Gasteiger partial charge in [0, 0.05) is 29.7 Å². The first-order chi connectivity index (χ1) is 10.5. The Bertz CT molecular complexity index is 649. The molecule has 0 aliphatic carbocycles. The van der Waals surface area contributed by atoms with Crippen molar-refractivity contribution in [3.63, 3.8) is 0 Å². The molecule has 0 fully saturated rings. The number of hydrogen-bond donors (Lipinski definition) is 1. The lowest BCUT2D eigenvalue weighted by Gasteiger charge is -2.30. The largest absolute Gasteiger partial charge is 0.481 e. The van der Waals surface area contributed by atoms with Gasteiger partial charge in [-0.2, -0.15) is 0 Å². The molecule has 116 valence electrons. The molecule has 0 saturated carbocycles. The minimum absolute atomic E-state index is 0.218. The van der Waals surface area contributed by atoms with Crippen LogP contribution in [0.3, 0.4) is 0 Å². The van der Waals surface area contributed by atoms with Gasteiger partial charge in [0.15, 0.2) is 0 Å². The summed E-state index contributed by atoms with van der Waals surface area (Å²) in [5.41, 5.74) is 1.90. The van der Waals surface area contributed by atoms with Crippen molar-refractivity contribution in [2.45, 2.75) is 26.7 Å². The van der Waals surface area contributed by atoms with Gasteiger partial charge in [0.1, 0.15) is 5.92 Å². The molecular formula is C16H18N2O4. The fourth-order valence-electron chi connectivity index (χ4n) is 2.75. The van der Waals surface area contributed by atoms with Gasteiger partial charge < -0.3 is 9.84 Å². The highest BCUT2D eigenvalue weighted by atomic mass is 16.5. The van der Waals surface area contributed by atoms with Gasteiger partial charge in [-0.05, 0) is 32.4 Å². The van der Waals surface area contributed by atoms with Crippen LogP contribution >= 0.6 is 0 Å². The number of hydrogen-bond acceptors (Lipinski definition) is 5. The highest BCUT2D eigenvalue weighted by molar-refractivity contribution is 6.06. The lowest BCUT2D eigenvalue weighted by atomic mass is 9.76. The summed E-state index contributed by atoms with van der Waals surface area (Å²) in [6.07, 6.45) is 3.18. The summed E-state index contributed by atoms with van der Waals surface area (Å²) in [6.45, 7) is 5.28. The van der Waals surface area contributed by atoms with Crippen LogP contribution in [-0.4, -0.2) is 34.3 Å². The second-order valence-electron chi connectivity index (χ2n) is 5.05. The van der Waals surface area contributed by atoms with Crippen molar-refractivity contribution in [1.29, 1.82) is 0 Å². The van der Waals surface area contributed by atoms with Crippen LogP contribution in [0.2, 0.25) is 0 Å². The Morgan fingerprint density at radius 1 is 1.36 bits per heavy atom. The van der Waals surface area contributed by atoms with Gasteiger partial charge in [-0.15, -0.1) is 0 Å².